The lowest BCUT2D eigenvalue weighted by molar-refractivity contribution is -0.153. The van der Waals surface area contributed by atoms with Crippen LogP contribution in [-0.2, 0) is 21.7 Å². The number of imidazole rings is 1. The number of ether oxygens (including phenoxy) is 1. The molecule has 3 rings (SSSR count). The van der Waals surface area contributed by atoms with Crippen molar-refractivity contribution in [2.45, 2.75) is 43.4 Å². The molecule has 13 heteroatoms. The Balaban J connectivity index is 1.97. The number of hydrogen-bond donors (Lipinski definition) is 1. The number of carbonyl (C=O) groups excluding carboxylic acids is 1. The quantitative estimate of drug-likeness (QED) is 0.456. The summed E-state index contributed by atoms with van der Waals surface area (Å²) in [6.45, 7) is 1.63. The van der Waals surface area contributed by atoms with E-state index < -0.39 is 42.0 Å². The van der Waals surface area contributed by atoms with E-state index >= 15 is 0 Å². The highest BCUT2D eigenvalue weighted by Gasteiger charge is 2.33. The number of alkyl halides is 3. The predicted molar refractivity (Wildman–Crippen MR) is 121 cm³/mol. The topological polar surface area (TPSA) is 121 Å². The third-order valence-corrected chi connectivity index (χ3v) is 6.50. The number of para-hydroxylation sites is 2. The number of rotatable bonds is 8. The first-order chi connectivity index (χ1) is 16.4. The maximum atomic E-state index is 13.4. The number of halogens is 3. The fourth-order valence-corrected chi connectivity index (χ4v) is 4.70. The van der Waals surface area contributed by atoms with Gasteiger partial charge >= 0.3 is 23.3 Å². The number of carboxylic acid groups (broad SMARTS) is 1. The number of aromatic nitrogens is 3. The maximum absolute atomic E-state index is 13.4. The van der Waals surface area contributed by atoms with Crippen molar-refractivity contribution >= 4 is 34.2 Å². The van der Waals surface area contributed by atoms with Crippen molar-refractivity contribution in [2.24, 2.45) is 0 Å². The van der Waals surface area contributed by atoms with Crippen LogP contribution in [0, 0.1) is 6.92 Å². The largest absolute Gasteiger partial charge is 0.609 e. The molecule has 188 valence electrons. The molecule has 1 aromatic carbocycles. The minimum Gasteiger partial charge on any atom is -0.609 e. The van der Waals surface area contributed by atoms with E-state index in [2.05, 4.69) is 9.97 Å². The zero-order chi connectivity index (χ0) is 25.9. The summed E-state index contributed by atoms with van der Waals surface area (Å²) in [4.78, 5) is 34.4. The summed E-state index contributed by atoms with van der Waals surface area (Å²) in [7, 11) is 1.33. The number of aliphatic carboxylic acids is 1. The molecule has 1 unspecified atom stereocenters. The Bertz CT molecular complexity index is 1230. The summed E-state index contributed by atoms with van der Waals surface area (Å²) in [6, 6.07) is 5.97. The Hall–Kier alpha value is -3.32. The summed E-state index contributed by atoms with van der Waals surface area (Å²) >= 11 is -1.96. The zero-order valence-electron chi connectivity index (χ0n) is 19.1. The van der Waals surface area contributed by atoms with Crippen molar-refractivity contribution in [1.82, 2.24) is 19.4 Å². The second-order valence-corrected chi connectivity index (χ2v) is 8.99. The van der Waals surface area contributed by atoms with Gasteiger partial charge in [0, 0.05) is 30.0 Å². The number of carboxylic acids is 1. The number of benzene rings is 1. The molecule has 35 heavy (non-hydrogen) atoms. The first-order valence-corrected chi connectivity index (χ1v) is 11.8. The lowest BCUT2D eigenvalue weighted by Crippen LogP contribution is -2.44. The second-order valence-electron chi connectivity index (χ2n) is 7.65. The predicted octanol–water partition coefficient (Wildman–Crippen LogP) is 3.75. The van der Waals surface area contributed by atoms with E-state index in [1.54, 1.807) is 31.2 Å². The standard InChI is InChI=1S/C22H23F3N4O5S/c1-4-16(19(30)31)28(3)21(32)29-17-8-6-5-7-14(17)27-20(29)35(33)11-15-13(2)18(9-10-26-15)34-12-22(23,24)25/h5-10,16H,4,11-12H2,1-3H3,(H,30,31)/t16?,35-/m1/s1. The van der Waals surface area contributed by atoms with Gasteiger partial charge in [0.1, 0.15) is 11.8 Å². The molecule has 0 aliphatic rings. The van der Waals surface area contributed by atoms with Gasteiger partial charge in [0.05, 0.1) is 16.7 Å². The van der Waals surface area contributed by atoms with E-state index in [0.717, 1.165) is 9.47 Å². The van der Waals surface area contributed by atoms with Crippen LogP contribution in [0.1, 0.15) is 24.6 Å². The molecule has 0 aliphatic carbocycles. The lowest BCUT2D eigenvalue weighted by Gasteiger charge is -2.24. The molecule has 2 atom stereocenters. The first-order valence-electron chi connectivity index (χ1n) is 10.4. The maximum Gasteiger partial charge on any atom is 0.422 e. The summed E-state index contributed by atoms with van der Waals surface area (Å²) in [5, 5.41) is 9.32. The van der Waals surface area contributed by atoms with Gasteiger partial charge in [0.15, 0.2) is 12.4 Å². The first kappa shape index (κ1) is 26.3. The Morgan fingerprint density at radius 1 is 1.29 bits per heavy atom. The number of hydrogen-bond acceptors (Lipinski definition) is 6. The number of nitrogens with zero attached hydrogens (tertiary/aromatic N) is 4. The highest BCUT2D eigenvalue weighted by atomic mass is 32.2. The number of fused-ring (bicyclic) bond motifs is 1. The van der Waals surface area contributed by atoms with Crippen molar-refractivity contribution < 1.29 is 37.2 Å². The van der Waals surface area contributed by atoms with E-state index in [4.69, 9.17) is 4.74 Å². The Morgan fingerprint density at radius 2 is 1.97 bits per heavy atom. The van der Waals surface area contributed by atoms with Gasteiger partial charge in [-0.15, -0.1) is 0 Å². The molecule has 0 saturated heterocycles. The van der Waals surface area contributed by atoms with Crippen LogP contribution in [0.15, 0.2) is 41.7 Å². The smallest absolute Gasteiger partial charge is 0.422 e. The minimum absolute atomic E-state index is 0.0547. The SMILES string of the molecule is CCC(C(=O)O)N(C)C(=O)n1c([S@+]([O-])Cc2nccc(OCC(F)(F)F)c2C)nc2ccccc21. The molecule has 0 spiro atoms. The van der Waals surface area contributed by atoms with E-state index in [1.165, 1.54) is 26.2 Å². The van der Waals surface area contributed by atoms with Crippen LogP contribution in [0.3, 0.4) is 0 Å². The molecule has 9 nitrogen and oxygen atoms in total. The van der Waals surface area contributed by atoms with Crippen LogP contribution in [0.4, 0.5) is 18.0 Å². The molecular weight excluding hydrogens is 489 g/mol. The van der Waals surface area contributed by atoms with Gasteiger partial charge in [0.25, 0.3) is 0 Å². The zero-order valence-corrected chi connectivity index (χ0v) is 19.9. The Morgan fingerprint density at radius 3 is 2.60 bits per heavy atom. The lowest BCUT2D eigenvalue weighted by atomic mass is 10.2. The van der Waals surface area contributed by atoms with Crippen LogP contribution in [0.5, 0.6) is 5.75 Å². The van der Waals surface area contributed by atoms with Gasteiger partial charge in [0.2, 0.25) is 0 Å². The molecule has 0 aliphatic heterocycles. The molecule has 2 heterocycles. The third kappa shape index (κ3) is 5.85. The summed E-state index contributed by atoms with van der Waals surface area (Å²) in [5.74, 6) is -1.50. The van der Waals surface area contributed by atoms with E-state index in [9.17, 15) is 32.4 Å². The molecule has 1 N–H and O–H groups in total. The minimum atomic E-state index is -4.53. The van der Waals surface area contributed by atoms with Crippen LogP contribution < -0.4 is 4.74 Å². The highest BCUT2D eigenvalue weighted by Crippen LogP contribution is 2.27. The van der Waals surface area contributed by atoms with Gasteiger partial charge in [-0.25, -0.2) is 14.2 Å². The number of amides is 1. The van der Waals surface area contributed by atoms with Crippen LogP contribution in [0.25, 0.3) is 11.0 Å². The molecule has 0 bridgehead atoms. The van der Waals surface area contributed by atoms with Crippen molar-refractivity contribution in [1.29, 1.82) is 0 Å². The van der Waals surface area contributed by atoms with Gasteiger partial charge in [-0.2, -0.15) is 18.2 Å². The fraction of sp³-hybridized carbons (Fsp3) is 0.364. The number of likely N-dealkylation sites (N-methyl/N-ethyl adjacent to an activating group) is 1. The van der Waals surface area contributed by atoms with Crippen LogP contribution >= 0.6 is 0 Å². The molecule has 2 aromatic heterocycles. The average Bonchev–Trinajstić information content (AvgIpc) is 3.18. The van der Waals surface area contributed by atoms with Crippen molar-refractivity contribution in [3.05, 3.63) is 47.8 Å². The molecule has 3 aromatic rings. The van der Waals surface area contributed by atoms with Gasteiger partial charge in [-0.1, -0.05) is 19.1 Å². The van der Waals surface area contributed by atoms with Gasteiger partial charge in [-0.05, 0) is 31.5 Å². The Kier molecular flexibility index (Phi) is 7.90. The average molecular weight is 513 g/mol. The number of carbonyl (C=O) groups is 2. The summed E-state index contributed by atoms with van der Waals surface area (Å²) < 4.78 is 56.9. The molecule has 0 radical (unpaired) electrons. The monoisotopic (exact) mass is 512 g/mol. The third-order valence-electron chi connectivity index (χ3n) is 5.28. The Labute approximate surface area is 201 Å². The van der Waals surface area contributed by atoms with Crippen molar-refractivity contribution in [3.8, 4) is 5.75 Å². The normalized spacial score (nSPS) is 13.5. The van der Waals surface area contributed by atoms with Gasteiger partial charge in [-0.3, -0.25) is 4.98 Å². The second kappa shape index (κ2) is 10.5. The molecule has 0 fully saturated rings. The van der Waals surface area contributed by atoms with Crippen molar-refractivity contribution in [3.63, 3.8) is 0 Å². The van der Waals surface area contributed by atoms with Crippen LogP contribution in [0.2, 0.25) is 0 Å². The van der Waals surface area contributed by atoms with E-state index in [1.807, 2.05) is 0 Å². The molecular formula is C22H23F3N4O5S. The van der Waals surface area contributed by atoms with Crippen LogP contribution in [-0.4, -0.2) is 67.0 Å². The molecule has 1 amide bonds. The number of pyridine rings is 1. The fourth-order valence-electron chi connectivity index (χ4n) is 3.46. The molecule has 0 saturated carbocycles. The van der Waals surface area contributed by atoms with E-state index in [0.29, 0.717) is 11.0 Å². The summed E-state index contributed by atoms with van der Waals surface area (Å²) in [5.41, 5.74) is 1.18. The van der Waals surface area contributed by atoms with Crippen molar-refractivity contribution in [2.75, 3.05) is 13.7 Å². The van der Waals surface area contributed by atoms with Gasteiger partial charge < -0.3 is 19.3 Å². The highest BCUT2D eigenvalue weighted by molar-refractivity contribution is 7.90. The summed E-state index contributed by atoms with van der Waals surface area (Å²) in [6.07, 6.45) is -3.13. The van der Waals surface area contributed by atoms with E-state index in [-0.39, 0.29) is 34.3 Å².